The molecule has 0 amide bonds. The fraction of sp³-hybridized carbons (Fsp3) is 1.00. The maximum absolute atomic E-state index is 6.17. The van der Waals surface area contributed by atoms with E-state index < -0.39 is 0 Å². The Morgan fingerprint density at radius 3 is 2.35 bits per heavy atom. The summed E-state index contributed by atoms with van der Waals surface area (Å²) in [6.45, 7) is 5.21. The molecule has 1 aliphatic heterocycles. The first-order valence-corrected chi connectivity index (χ1v) is 8.68. The largest absolute Gasteiger partial charge is 0.381 e. The van der Waals surface area contributed by atoms with Crippen LogP contribution >= 0.6 is 0 Å². The molecule has 1 saturated heterocycles. The smallest absolute Gasteiger partial charge is 0.0833 e. The molecule has 2 fully saturated rings. The molecule has 2 aliphatic rings. The van der Waals surface area contributed by atoms with Crippen molar-refractivity contribution in [3.8, 4) is 0 Å². The molecule has 0 aromatic carbocycles. The second-order valence-electron chi connectivity index (χ2n) is 6.56. The van der Waals surface area contributed by atoms with Gasteiger partial charge in [-0.05, 0) is 44.6 Å². The first kappa shape index (κ1) is 16.3. The van der Waals surface area contributed by atoms with Crippen molar-refractivity contribution in [3.63, 3.8) is 0 Å². The Labute approximate surface area is 124 Å². The molecular weight excluding hydrogens is 250 g/mol. The van der Waals surface area contributed by atoms with E-state index in [1.165, 1.54) is 57.8 Å². The standard InChI is InChI=1S/C17H33NO2/c1-3-12-18-16(15-8-13-20-14-9-15)17(19-2)10-6-4-5-7-11-17/h15-16,18H,3-14H2,1-2H3. The summed E-state index contributed by atoms with van der Waals surface area (Å²) in [5.74, 6) is 0.716. The molecule has 0 spiro atoms. The molecule has 1 N–H and O–H groups in total. The minimum absolute atomic E-state index is 0.0632. The van der Waals surface area contributed by atoms with Crippen LogP contribution in [0.5, 0.6) is 0 Å². The maximum Gasteiger partial charge on any atom is 0.0833 e. The van der Waals surface area contributed by atoms with Gasteiger partial charge < -0.3 is 14.8 Å². The molecule has 0 radical (unpaired) electrons. The second kappa shape index (κ2) is 8.35. The third kappa shape index (κ3) is 3.96. The van der Waals surface area contributed by atoms with E-state index in [0.29, 0.717) is 12.0 Å². The average molecular weight is 283 g/mol. The normalized spacial score (nSPS) is 26.1. The van der Waals surface area contributed by atoms with Gasteiger partial charge in [0.2, 0.25) is 0 Å². The van der Waals surface area contributed by atoms with Crippen molar-refractivity contribution in [2.24, 2.45) is 5.92 Å². The Bertz CT molecular complexity index is 256. The van der Waals surface area contributed by atoms with E-state index in [1.54, 1.807) is 0 Å². The van der Waals surface area contributed by atoms with E-state index in [9.17, 15) is 0 Å². The van der Waals surface area contributed by atoms with Crippen molar-refractivity contribution in [3.05, 3.63) is 0 Å². The zero-order chi connectivity index (χ0) is 14.3. The molecule has 0 aromatic heterocycles. The van der Waals surface area contributed by atoms with Gasteiger partial charge in [-0.1, -0.05) is 32.6 Å². The lowest BCUT2D eigenvalue weighted by atomic mass is 9.76. The minimum atomic E-state index is 0.0632. The van der Waals surface area contributed by atoms with Crippen LogP contribution in [0.1, 0.15) is 64.7 Å². The van der Waals surface area contributed by atoms with Crippen LogP contribution in [0.3, 0.4) is 0 Å². The van der Waals surface area contributed by atoms with Gasteiger partial charge in [-0.2, -0.15) is 0 Å². The molecule has 118 valence electrons. The van der Waals surface area contributed by atoms with Crippen LogP contribution in [0.2, 0.25) is 0 Å². The number of ether oxygens (including phenoxy) is 2. The Morgan fingerprint density at radius 1 is 1.15 bits per heavy atom. The SMILES string of the molecule is CCCNC(C1CCOCC1)C1(OC)CCCCCC1. The molecule has 0 aromatic rings. The highest BCUT2D eigenvalue weighted by molar-refractivity contribution is 4.98. The third-order valence-electron chi connectivity index (χ3n) is 5.27. The number of hydrogen-bond donors (Lipinski definition) is 1. The van der Waals surface area contributed by atoms with E-state index in [1.807, 2.05) is 7.11 Å². The van der Waals surface area contributed by atoms with Gasteiger partial charge >= 0.3 is 0 Å². The molecule has 1 unspecified atom stereocenters. The fourth-order valence-electron chi connectivity index (χ4n) is 4.10. The number of hydrogen-bond acceptors (Lipinski definition) is 3. The zero-order valence-electron chi connectivity index (χ0n) is 13.5. The Hall–Kier alpha value is -0.120. The van der Waals surface area contributed by atoms with Crippen LogP contribution in [0.4, 0.5) is 0 Å². The molecule has 1 atom stereocenters. The summed E-state index contributed by atoms with van der Waals surface area (Å²) in [7, 11) is 1.94. The Kier molecular flexibility index (Phi) is 6.79. The van der Waals surface area contributed by atoms with Crippen LogP contribution < -0.4 is 5.32 Å². The van der Waals surface area contributed by atoms with Gasteiger partial charge in [-0.3, -0.25) is 0 Å². The predicted molar refractivity (Wildman–Crippen MR) is 83.1 cm³/mol. The Morgan fingerprint density at radius 2 is 1.80 bits per heavy atom. The van der Waals surface area contributed by atoms with Gasteiger partial charge in [0, 0.05) is 26.4 Å². The maximum atomic E-state index is 6.17. The van der Waals surface area contributed by atoms with Crippen molar-refractivity contribution in [1.29, 1.82) is 0 Å². The summed E-state index contributed by atoms with van der Waals surface area (Å²) in [6, 6.07) is 0.509. The van der Waals surface area contributed by atoms with Crippen molar-refractivity contribution in [2.45, 2.75) is 76.4 Å². The van der Waals surface area contributed by atoms with Crippen LogP contribution in [0.25, 0.3) is 0 Å². The van der Waals surface area contributed by atoms with Gasteiger partial charge in [-0.15, -0.1) is 0 Å². The first-order chi connectivity index (χ1) is 9.82. The van der Waals surface area contributed by atoms with Crippen LogP contribution in [-0.2, 0) is 9.47 Å². The minimum Gasteiger partial charge on any atom is -0.381 e. The predicted octanol–water partition coefficient (Wildman–Crippen LogP) is 3.52. The van der Waals surface area contributed by atoms with Gasteiger partial charge in [-0.25, -0.2) is 0 Å². The molecule has 0 bridgehead atoms. The van der Waals surface area contributed by atoms with Crippen molar-refractivity contribution >= 4 is 0 Å². The van der Waals surface area contributed by atoms with Crippen molar-refractivity contribution in [1.82, 2.24) is 5.32 Å². The number of methoxy groups -OCH3 is 1. The monoisotopic (exact) mass is 283 g/mol. The van der Waals surface area contributed by atoms with E-state index >= 15 is 0 Å². The molecular formula is C17H33NO2. The van der Waals surface area contributed by atoms with E-state index in [2.05, 4.69) is 12.2 Å². The first-order valence-electron chi connectivity index (χ1n) is 8.68. The van der Waals surface area contributed by atoms with Gasteiger partial charge in [0.1, 0.15) is 0 Å². The molecule has 2 rings (SSSR count). The topological polar surface area (TPSA) is 30.5 Å². The highest BCUT2D eigenvalue weighted by Gasteiger charge is 2.43. The molecule has 1 saturated carbocycles. The average Bonchev–Trinajstić information content (AvgIpc) is 2.75. The summed E-state index contributed by atoms with van der Waals surface area (Å²) in [6.07, 6.45) is 11.4. The molecule has 3 heteroatoms. The lowest BCUT2D eigenvalue weighted by molar-refractivity contribution is -0.0815. The van der Waals surface area contributed by atoms with Gasteiger partial charge in [0.25, 0.3) is 0 Å². The number of rotatable bonds is 6. The summed E-state index contributed by atoms with van der Waals surface area (Å²) in [5.41, 5.74) is 0.0632. The lowest BCUT2D eigenvalue weighted by Gasteiger charge is -2.45. The van der Waals surface area contributed by atoms with Crippen molar-refractivity contribution in [2.75, 3.05) is 26.9 Å². The Balaban J connectivity index is 2.11. The van der Waals surface area contributed by atoms with Crippen LogP contribution in [-0.4, -0.2) is 38.5 Å². The van der Waals surface area contributed by atoms with E-state index in [4.69, 9.17) is 9.47 Å². The quantitative estimate of drug-likeness (QED) is 0.757. The highest BCUT2D eigenvalue weighted by Crippen LogP contribution is 2.38. The van der Waals surface area contributed by atoms with Gasteiger partial charge in [0.05, 0.1) is 5.60 Å². The lowest BCUT2D eigenvalue weighted by Crippen LogP contribution is -2.56. The summed E-state index contributed by atoms with van der Waals surface area (Å²) >= 11 is 0. The third-order valence-corrected chi connectivity index (χ3v) is 5.27. The van der Waals surface area contributed by atoms with Crippen molar-refractivity contribution < 1.29 is 9.47 Å². The summed E-state index contributed by atoms with van der Waals surface area (Å²) < 4.78 is 11.7. The van der Waals surface area contributed by atoms with Gasteiger partial charge in [0.15, 0.2) is 0 Å². The van der Waals surface area contributed by atoms with E-state index in [-0.39, 0.29) is 5.60 Å². The molecule has 20 heavy (non-hydrogen) atoms. The zero-order valence-corrected chi connectivity index (χ0v) is 13.5. The summed E-state index contributed by atoms with van der Waals surface area (Å²) in [4.78, 5) is 0. The highest BCUT2D eigenvalue weighted by atomic mass is 16.5. The van der Waals surface area contributed by atoms with Crippen LogP contribution in [0.15, 0.2) is 0 Å². The molecule has 1 aliphatic carbocycles. The fourth-order valence-corrected chi connectivity index (χ4v) is 4.10. The molecule has 1 heterocycles. The number of nitrogens with one attached hydrogen (secondary N) is 1. The second-order valence-corrected chi connectivity index (χ2v) is 6.56. The molecule has 3 nitrogen and oxygen atoms in total. The summed E-state index contributed by atoms with van der Waals surface area (Å²) in [5, 5.41) is 3.85. The van der Waals surface area contributed by atoms with E-state index in [0.717, 1.165) is 19.8 Å². The van der Waals surface area contributed by atoms with Crippen LogP contribution in [0, 0.1) is 5.92 Å².